The number of hydrogen-bond acceptors (Lipinski definition) is 3. The Hall–Kier alpha value is -3.98. The van der Waals surface area contributed by atoms with Crippen LogP contribution in [-0.2, 0) is 0 Å². The molecule has 0 aliphatic heterocycles. The van der Waals surface area contributed by atoms with Crippen molar-refractivity contribution in [2.24, 2.45) is 0 Å². The molecule has 0 saturated heterocycles. The number of nitrogen functional groups attached to an aromatic ring is 3. The van der Waals surface area contributed by atoms with E-state index in [1.165, 1.54) is 0 Å². The van der Waals surface area contributed by atoms with E-state index >= 15 is 0 Å². The Bertz CT molecular complexity index is 1390. The summed E-state index contributed by atoms with van der Waals surface area (Å²) in [4.78, 5) is 0. The summed E-state index contributed by atoms with van der Waals surface area (Å²) in [5.74, 6) is 0. The zero-order chi connectivity index (χ0) is 20.0. The number of hydrogen-bond donors (Lipinski definition) is 3. The van der Waals surface area contributed by atoms with E-state index in [4.69, 9.17) is 17.2 Å². The lowest BCUT2D eigenvalue weighted by molar-refractivity contribution is 1.61. The Morgan fingerprint density at radius 3 is 1.55 bits per heavy atom. The van der Waals surface area contributed by atoms with Crippen molar-refractivity contribution in [2.75, 3.05) is 17.2 Å². The molecule has 6 N–H and O–H groups in total. The van der Waals surface area contributed by atoms with Gasteiger partial charge in [0, 0.05) is 33.4 Å². The van der Waals surface area contributed by atoms with Gasteiger partial charge in [0.2, 0.25) is 0 Å². The molecule has 5 rings (SSSR count). The lowest BCUT2D eigenvalue weighted by Crippen LogP contribution is -1.94. The minimum Gasteiger partial charge on any atom is -0.398 e. The molecule has 140 valence electrons. The quantitative estimate of drug-likeness (QED) is 0.327. The second-order valence-corrected chi connectivity index (χ2v) is 7.30. The van der Waals surface area contributed by atoms with Gasteiger partial charge in [-0.15, -0.1) is 0 Å². The van der Waals surface area contributed by atoms with Crippen LogP contribution >= 0.6 is 0 Å². The summed E-state index contributed by atoms with van der Waals surface area (Å²) in [6.07, 6.45) is 0. The van der Waals surface area contributed by atoms with Crippen LogP contribution < -0.4 is 17.2 Å². The highest BCUT2D eigenvalue weighted by Crippen LogP contribution is 2.38. The molecule has 0 unspecified atom stereocenters. The molecule has 29 heavy (non-hydrogen) atoms. The van der Waals surface area contributed by atoms with Crippen LogP contribution in [-0.4, -0.2) is 0 Å². The number of fused-ring (bicyclic) bond motifs is 2. The van der Waals surface area contributed by atoms with E-state index in [9.17, 15) is 0 Å². The molecular formula is C26H21N3. The zero-order valence-corrected chi connectivity index (χ0v) is 15.9. The van der Waals surface area contributed by atoms with Crippen molar-refractivity contribution in [2.45, 2.75) is 0 Å². The van der Waals surface area contributed by atoms with Gasteiger partial charge in [0.05, 0.1) is 0 Å². The van der Waals surface area contributed by atoms with Gasteiger partial charge in [0.15, 0.2) is 0 Å². The van der Waals surface area contributed by atoms with Crippen LogP contribution in [0.4, 0.5) is 17.1 Å². The van der Waals surface area contributed by atoms with Crippen LogP contribution in [0.2, 0.25) is 0 Å². The molecule has 0 radical (unpaired) electrons. The average Bonchev–Trinajstić information content (AvgIpc) is 2.74. The summed E-state index contributed by atoms with van der Waals surface area (Å²) < 4.78 is 0. The average molecular weight is 375 g/mol. The molecule has 0 aliphatic carbocycles. The lowest BCUT2D eigenvalue weighted by atomic mass is 9.92. The van der Waals surface area contributed by atoms with Crippen molar-refractivity contribution in [3.05, 3.63) is 91.0 Å². The van der Waals surface area contributed by atoms with Crippen LogP contribution in [0, 0.1) is 0 Å². The maximum absolute atomic E-state index is 6.41. The third kappa shape index (κ3) is 2.75. The van der Waals surface area contributed by atoms with Gasteiger partial charge < -0.3 is 17.2 Å². The molecule has 5 aromatic rings. The monoisotopic (exact) mass is 375 g/mol. The van der Waals surface area contributed by atoms with Crippen molar-refractivity contribution >= 4 is 38.6 Å². The highest BCUT2D eigenvalue weighted by molar-refractivity contribution is 6.06. The third-order valence-electron chi connectivity index (χ3n) is 5.57. The van der Waals surface area contributed by atoms with Crippen molar-refractivity contribution in [1.29, 1.82) is 0 Å². The molecular weight excluding hydrogens is 354 g/mol. The first kappa shape index (κ1) is 17.1. The maximum atomic E-state index is 6.41. The second-order valence-electron chi connectivity index (χ2n) is 7.30. The Labute approximate surface area is 169 Å². The van der Waals surface area contributed by atoms with Gasteiger partial charge in [-0.1, -0.05) is 66.7 Å². The summed E-state index contributed by atoms with van der Waals surface area (Å²) in [7, 11) is 0. The van der Waals surface area contributed by atoms with Crippen LogP contribution in [0.3, 0.4) is 0 Å². The molecule has 0 atom stereocenters. The number of benzene rings is 5. The van der Waals surface area contributed by atoms with E-state index in [2.05, 4.69) is 42.5 Å². The van der Waals surface area contributed by atoms with Crippen molar-refractivity contribution in [3.63, 3.8) is 0 Å². The molecule has 0 aliphatic rings. The van der Waals surface area contributed by atoms with E-state index in [1.54, 1.807) is 0 Å². The minimum absolute atomic E-state index is 0.739. The van der Waals surface area contributed by atoms with Crippen LogP contribution in [0.15, 0.2) is 91.0 Å². The Kier molecular flexibility index (Phi) is 3.88. The smallest absolute Gasteiger partial charge is 0.0394 e. The fourth-order valence-electron chi connectivity index (χ4n) is 4.11. The Balaban J connectivity index is 1.77. The van der Waals surface area contributed by atoms with Gasteiger partial charge in [0.1, 0.15) is 0 Å². The van der Waals surface area contributed by atoms with E-state index in [1.807, 2.05) is 48.5 Å². The molecule has 0 amide bonds. The third-order valence-corrected chi connectivity index (χ3v) is 5.57. The predicted molar refractivity (Wildman–Crippen MR) is 126 cm³/mol. The molecule has 0 heterocycles. The molecule has 0 saturated carbocycles. The summed E-state index contributed by atoms with van der Waals surface area (Å²) in [5, 5.41) is 4.32. The highest BCUT2D eigenvalue weighted by Gasteiger charge is 2.12. The van der Waals surface area contributed by atoms with Crippen LogP contribution in [0.25, 0.3) is 43.8 Å². The molecule has 3 heteroatoms. The summed E-state index contributed by atoms with van der Waals surface area (Å²) in [6.45, 7) is 0. The molecule has 0 spiro atoms. The van der Waals surface area contributed by atoms with Crippen molar-refractivity contribution in [1.82, 2.24) is 0 Å². The van der Waals surface area contributed by atoms with Crippen LogP contribution in [0.1, 0.15) is 0 Å². The van der Waals surface area contributed by atoms with E-state index in [0.29, 0.717) is 0 Å². The Morgan fingerprint density at radius 2 is 0.897 bits per heavy atom. The first-order valence-corrected chi connectivity index (χ1v) is 9.58. The van der Waals surface area contributed by atoms with Gasteiger partial charge >= 0.3 is 0 Å². The van der Waals surface area contributed by atoms with E-state index < -0.39 is 0 Å². The first-order valence-electron chi connectivity index (χ1n) is 9.58. The van der Waals surface area contributed by atoms with Gasteiger partial charge in [-0.3, -0.25) is 0 Å². The van der Waals surface area contributed by atoms with Crippen molar-refractivity contribution in [3.8, 4) is 22.3 Å². The van der Waals surface area contributed by atoms with Gasteiger partial charge in [-0.2, -0.15) is 0 Å². The molecule has 3 nitrogen and oxygen atoms in total. The molecule has 0 bridgehead atoms. The Morgan fingerprint density at radius 1 is 0.379 bits per heavy atom. The largest absolute Gasteiger partial charge is 0.398 e. The highest BCUT2D eigenvalue weighted by atomic mass is 14.6. The SMILES string of the molecule is Nc1ccc(-c2cccc3c(N)cccc23)cc1-c1cccc2c(N)cccc12. The normalized spacial score (nSPS) is 11.2. The summed E-state index contributed by atoms with van der Waals surface area (Å²) >= 11 is 0. The molecule has 0 aromatic heterocycles. The topological polar surface area (TPSA) is 78.1 Å². The van der Waals surface area contributed by atoms with E-state index in [-0.39, 0.29) is 0 Å². The fraction of sp³-hybridized carbons (Fsp3) is 0. The molecule has 5 aromatic carbocycles. The predicted octanol–water partition coefficient (Wildman–Crippen LogP) is 6.07. The first-order chi connectivity index (χ1) is 14.1. The zero-order valence-electron chi connectivity index (χ0n) is 15.9. The number of nitrogens with two attached hydrogens (primary N) is 3. The standard InChI is InChI=1S/C26H21N3/c27-24-11-3-7-18-17(5-1-9-21(18)24)16-13-14-26(29)23(15-16)20-6-2-10-22-19(20)8-4-12-25(22)28/h1-15H,27-29H2. The van der Waals surface area contributed by atoms with Crippen LogP contribution in [0.5, 0.6) is 0 Å². The van der Waals surface area contributed by atoms with Crippen molar-refractivity contribution < 1.29 is 0 Å². The summed E-state index contributed by atoms with van der Waals surface area (Å²) in [5.41, 5.74) is 25.4. The number of rotatable bonds is 2. The minimum atomic E-state index is 0.739. The maximum Gasteiger partial charge on any atom is 0.0394 e. The van der Waals surface area contributed by atoms with Gasteiger partial charge in [-0.25, -0.2) is 0 Å². The lowest BCUT2D eigenvalue weighted by Gasteiger charge is -2.14. The summed E-state index contributed by atoms with van der Waals surface area (Å²) in [6, 6.07) is 30.6. The van der Waals surface area contributed by atoms with E-state index in [0.717, 1.165) is 60.9 Å². The second kappa shape index (κ2) is 6.57. The fourth-order valence-corrected chi connectivity index (χ4v) is 4.11. The van der Waals surface area contributed by atoms with Gasteiger partial charge in [-0.05, 0) is 51.7 Å². The molecule has 0 fully saturated rings. The van der Waals surface area contributed by atoms with Gasteiger partial charge in [0.25, 0.3) is 0 Å². The number of anilines is 3.